The van der Waals surface area contributed by atoms with Crippen molar-refractivity contribution < 1.29 is 33.2 Å². The van der Waals surface area contributed by atoms with Crippen LogP contribution in [-0.4, -0.2) is 60.1 Å². The Kier molecular flexibility index (Phi) is 8.49. The van der Waals surface area contributed by atoms with Crippen LogP contribution in [0.4, 0.5) is 24.9 Å². The van der Waals surface area contributed by atoms with Gasteiger partial charge in [0, 0.05) is 18.7 Å². The van der Waals surface area contributed by atoms with E-state index in [0.717, 1.165) is 15.9 Å². The molecular weight excluding hydrogens is 585 g/mol. The topological polar surface area (TPSA) is 146 Å². The van der Waals surface area contributed by atoms with E-state index in [-0.39, 0.29) is 36.5 Å². The third-order valence-electron chi connectivity index (χ3n) is 7.55. The van der Waals surface area contributed by atoms with Crippen molar-refractivity contribution in [2.24, 2.45) is 5.92 Å². The molecule has 1 saturated carbocycles. The van der Waals surface area contributed by atoms with Crippen LogP contribution in [0.5, 0.6) is 5.75 Å². The van der Waals surface area contributed by atoms with E-state index in [0.29, 0.717) is 28.2 Å². The highest BCUT2D eigenvalue weighted by Gasteiger charge is 2.47. The first-order chi connectivity index (χ1) is 20.3. The van der Waals surface area contributed by atoms with Crippen molar-refractivity contribution in [2.45, 2.75) is 70.7 Å². The number of fused-ring (bicyclic) bond motifs is 1. The molecule has 230 valence electrons. The van der Waals surface area contributed by atoms with Crippen molar-refractivity contribution in [3.05, 3.63) is 53.5 Å². The highest BCUT2D eigenvalue weighted by atomic mass is 32.1. The molecule has 5 N–H and O–H groups in total. The fourth-order valence-electron chi connectivity index (χ4n) is 5.26. The molecule has 0 spiro atoms. The number of nitrogens with one attached hydrogen (secondary N) is 2. The summed E-state index contributed by atoms with van der Waals surface area (Å²) >= 11 is 1.43. The maximum atomic E-state index is 12.6. The molecule has 0 saturated heterocycles. The van der Waals surface area contributed by atoms with Crippen molar-refractivity contribution >= 4 is 33.3 Å². The van der Waals surface area contributed by atoms with Gasteiger partial charge in [0.1, 0.15) is 28.2 Å². The van der Waals surface area contributed by atoms with E-state index in [9.17, 15) is 28.5 Å². The van der Waals surface area contributed by atoms with Gasteiger partial charge >= 0.3 is 6.36 Å². The van der Waals surface area contributed by atoms with Crippen LogP contribution in [0.2, 0.25) is 0 Å². The van der Waals surface area contributed by atoms with E-state index < -0.39 is 30.2 Å². The van der Waals surface area contributed by atoms with Gasteiger partial charge in [-0.1, -0.05) is 26.0 Å². The van der Waals surface area contributed by atoms with Gasteiger partial charge in [-0.3, -0.25) is 4.98 Å². The van der Waals surface area contributed by atoms with E-state index >= 15 is 0 Å². The number of halogens is 3. The zero-order chi connectivity index (χ0) is 31.1. The summed E-state index contributed by atoms with van der Waals surface area (Å²) in [6, 6.07) is 6.93. The van der Waals surface area contributed by atoms with E-state index in [1.807, 2.05) is 19.9 Å². The quantitative estimate of drug-likeness (QED) is 0.152. The molecule has 0 aliphatic heterocycles. The molecule has 1 aliphatic carbocycles. The maximum Gasteiger partial charge on any atom is 0.573 e. The number of nitrogens with zero attached hydrogens (tertiary/aromatic N) is 4. The second-order valence-electron chi connectivity index (χ2n) is 11.0. The molecule has 14 heteroatoms. The number of hydrogen-bond donors (Lipinski definition) is 5. The monoisotopic (exact) mass is 618 g/mol. The molecule has 0 amide bonds. The molecule has 5 rings (SSSR count). The van der Waals surface area contributed by atoms with Gasteiger partial charge in [-0.05, 0) is 56.4 Å². The number of aliphatic hydroxyl groups is 3. The number of pyridine rings is 1. The van der Waals surface area contributed by atoms with Crippen molar-refractivity contribution in [1.29, 1.82) is 0 Å². The Morgan fingerprint density at radius 3 is 2.47 bits per heavy atom. The molecule has 1 fully saturated rings. The first-order valence-electron chi connectivity index (χ1n) is 13.8. The normalized spacial score (nSPS) is 21.4. The molecule has 0 radical (unpaired) electrons. The van der Waals surface area contributed by atoms with Crippen LogP contribution in [0.3, 0.4) is 0 Å². The van der Waals surface area contributed by atoms with Crippen molar-refractivity contribution in [1.82, 2.24) is 19.9 Å². The number of aliphatic hydroxyl groups excluding tert-OH is 2. The van der Waals surface area contributed by atoms with Gasteiger partial charge in [0.15, 0.2) is 5.72 Å². The summed E-state index contributed by atoms with van der Waals surface area (Å²) in [5.74, 6) is -0.280. The molecule has 10 nitrogen and oxygen atoms in total. The van der Waals surface area contributed by atoms with Crippen molar-refractivity contribution in [3.63, 3.8) is 0 Å². The average Bonchev–Trinajstić information content (AvgIpc) is 3.48. The Bertz CT molecular complexity index is 1600. The number of hydrogen-bond acceptors (Lipinski definition) is 11. The number of rotatable bonds is 9. The molecule has 0 bridgehead atoms. The number of aryl methyl sites for hydroxylation is 1. The van der Waals surface area contributed by atoms with Crippen molar-refractivity contribution in [2.75, 3.05) is 17.2 Å². The van der Waals surface area contributed by atoms with Gasteiger partial charge in [-0.25, -0.2) is 9.97 Å². The average molecular weight is 619 g/mol. The van der Waals surface area contributed by atoms with Gasteiger partial charge in [0.05, 0.1) is 27.7 Å². The lowest BCUT2D eigenvalue weighted by Gasteiger charge is -2.31. The van der Waals surface area contributed by atoms with Gasteiger partial charge in [0.2, 0.25) is 5.95 Å². The SMILES string of the molecule is Cc1nc(N[C@H](C)c2ccc(OC(F)(F)F)cc2)nc(N[C@@]2(O)CC[C@H](CO)[C@H]2O)c1-c1nc2c(C(C)C)nccc2s1. The number of alkyl halides is 3. The third-order valence-corrected chi connectivity index (χ3v) is 8.59. The summed E-state index contributed by atoms with van der Waals surface area (Å²) in [4.78, 5) is 18.7. The van der Waals surface area contributed by atoms with Gasteiger partial charge in [0.25, 0.3) is 0 Å². The predicted molar refractivity (Wildman–Crippen MR) is 157 cm³/mol. The Hall–Kier alpha value is -3.59. The summed E-state index contributed by atoms with van der Waals surface area (Å²) in [7, 11) is 0. The van der Waals surface area contributed by atoms with Gasteiger partial charge in [-0.15, -0.1) is 24.5 Å². The standard InChI is InChI=1S/C29H33F3N6O4S/c1-14(2)22-23-20(10-12-33-22)43-26(36-23)21-16(4)35-27(37-25(21)38-28(41)11-9-18(13-39)24(28)40)34-15(3)17-5-7-19(8-6-17)42-29(30,31)32/h5-8,10,12,14-15,18,24,39-41H,9,11,13H2,1-4H3,(H2,34,35,37,38)/t15-,18-,24-,28-/m1/s1. The van der Waals surface area contributed by atoms with E-state index in [1.54, 1.807) is 20.0 Å². The summed E-state index contributed by atoms with van der Waals surface area (Å²) in [6.07, 6.45) is -3.71. The molecule has 4 aromatic rings. The summed E-state index contributed by atoms with van der Waals surface area (Å²) in [5, 5.41) is 38.7. The predicted octanol–water partition coefficient (Wildman–Crippen LogP) is 5.52. The molecule has 3 aromatic heterocycles. The van der Waals surface area contributed by atoms with E-state index in [1.165, 1.54) is 35.6 Å². The van der Waals surface area contributed by atoms with Gasteiger partial charge < -0.3 is 30.7 Å². The zero-order valence-electron chi connectivity index (χ0n) is 24.0. The van der Waals surface area contributed by atoms with Crippen LogP contribution in [-0.2, 0) is 0 Å². The smallest absolute Gasteiger partial charge is 0.406 e. The second-order valence-corrected chi connectivity index (χ2v) is 12.1. The minimum absolute atomic E-state index is 0.139. The number of anilines is 2. The summed E-state index contributed by atoms with van der Waals surface area (Å²) in [5.41, 5.74) is 1.58. The van der Waals surface area contributed by atoms with Crippen LogP contribution in [0.25, 0.3) is 20.8 Å². The fourth-order valence-corrected chi connectivity index (χ4v) is 6.32. The first kappa shape index (κ1) is 30.9. The highest BCUT2D eigenvalue weighted by Crippen LogP contribution is 2.41. The van der Waals surface area contributed by atoms with Crippen LogP contribution >= 0.6 is 11.3 Å². The largest absolute Gasteiger partial charge is 0.573 e. The molecule has 0 unspecified atom stereocenters. The molecule has 1 aromatic carbocycles. The lowest BCUT2D eigenvalue weighted by molar-refractivity contribution is -0.274. The summed E-state index contributed by atoms with van der Waals surface area (Å²) in [6.45, 7) is 7.37. The molecule has 4 atom stereocenters. The Morgan fingerprint density at radius 1 is 1.12 bits per heavy atom. The molecule has 43 heavy (non-hydrogen) atoms. The number of ether oxygens (including phenoxy) is 1. The van der Waals surface area contributed by atoms with Crippen LogP contribution in [0.15, 0.2) is 36.5 Å². The van der Waals surface area contributed by atoms with Crippen LogP contribution in [0, 0.1) is 12.8 Å². The van der Waals surface area contributed by atoms with E-state index in [4.69, 9.17) is 4.98 Å². The zero-order valence-corrected chi connectivity index (χ0v) is 24.8. The van der Waals surface area contributed by atoms with Crippen molar-refractivity contribution in [3.8, 4) is 16.3 Å². The van der Waals surface area contributed by atoms with Crippen LogP contribution in [0.1, 0.15) is 62.5 Å². The summed E-state index contributed by atoms with van der Waals surface area (Å²) < 4.78 is 42.6. The number of benzene rings is 1. The molecule has 3 heterocycles. The Balaban J connectivity index is 1.52. The lowest BCUT2D eigenvalue weighted by atomic mass is 10.0. The van der Waals surface area contributed by atoms with E-state index in [2.05, 4.69) is 30.3 Å². The number of aromatic nitrogens is 4. The molecular formula is C29H33F3N6O4S. The minimum atomic E-state index is -4.79. The Morgan fingerprint density at radius 2 is 1.84 bits per heavy atom. The maximum absolute atomic E-state index is 12.6. The lowest BCUT2D eigenvalue weighted by Crippen LogP contribution is -2.48. The third kappa shape index (κ3) is 6.51. The molecule has 1 aliphatic rings. The second kappa shape index (κ2) is 11.8. The van der Waals surface area contributed by atoms with Gasteiger partial charge in [-0.2, -0.15) is 4.98 Å². The Labute approximate surface area is 250 Å². The fraction of sp³-hybridized carbons (Fsp3) is 0.448. The number of thiazole rings is 1. The first-order valence-corrected chi connectivity index (χ1v) is 14.7. The minimum Gasteiger partial charge on any atom is -0.406 e. The highest BCUT2D eigenvalue weighted by molar-refractivity contribution is 7.21. The van der Waals surface area contributed by atoms with Crippen LogP contribution < -0.4 is 15.4 Å².